The molecule has 0 aliphatic rings. The Kier molecular flexibility index (Phi) is 4.40. The van der Waals surface area contributed by atoms with Gasteiger partial charge in [-0.1, -0.05) is 32.0 Å². The van der Waals surface area contributed by atoms with Crippen molar-refractivity contribution in [3.05, 3.63) is 36.0 Å². The first-order chi connectivity index (χ1) is 9.61. The largest absolute Gasteiger partial charge is 0.361 e. The SMILES string of the molecule is CCC(C)C(=O)NNC(=O)Cc1c[nH]c2ccccc12. The molecule has 1 unspecified atom stereocenters. The Morgan fingerprint density at radius 2 is 2.00 bits per heavy atom. The number of hydrazine groups is 1. The summed E-state index contributed by atoms with van der Waals surface area (Å²) >= 11 is 0. The monoisotopic (exact) mass is 273 g/mol. The van der Waals surface area contributed by atoms with Crippen molar-refractivity contribution >= 4 is 22.7 Å². The fourth-order valence-corrected chi connectivity index (χ4v) is 1.93. The summed E-state index contributed by atoms with van der Waals surface area (Å²) in [5.74, 6) is -0.505. The van der Waals surface area contributed by atoms with Gasteiger partial charge < -0.3 is 4.98 Å². The molecule has 2 aromatic rings. The van der Waals surface area contributed by atoms with Crippen molar-refractivity contribution in [3.63, 3.8) is 0 Å². The number of aromatic amines is 1. The number of benzene rings is 1. The van der Waals surface area contributed by atoms with Crippen LogP contribution >= 0.6 is 0 Å². The lowest BCUT2D eigenvalue weighted by Gasteiger charge is -2.10. The highest BCUT2D eigenvalue weighted by atomic mass is 16.2. The van der Waals surface area contributed by atoms with Gasteiger partial charge in [0.1, 0.15) is 0 Å². The highest BCUT2D eigenvalue weighted by Crippen LogP contribution is 2.17. The fraction of sp³-hybridized carbons (Fsp3) is 0.333. The third kappa shape index (κ3) is 3.17. The van der Waals surface area contributed by atoms with Crippen LogP contribution < -0.4 is 10.9 Å². The summed E-state index contributed by atoms with van der Waals surface area (Å²) in [6.07, 6.45) is 2.79. The summed E-state index contributed by atoms with van der Waals surface area (Å²) in [5, 5.41) is 1.02. The van der Waals surface area contributed by atoms with E-state index in [2.05, 4.69) is 15.8 Å². The van der Waals surface area contributed by atoms with Crippen LogP contribution in [0.2, 0.25) is 0 Å². The molecule has 2 amide bonds. The molecule has 0 aliphatic heterocycles. The molecule has 2 rings (SSSR count). The molecular weight excluding hydrogens is 254 g/mol. The van der Waals surface area contributed by atoms with Gasteiger partial charge in [0.2, 0.25) is 11.8 Å². The average molecular weight is 273 g/mol. The van der Waals surface area contributed by atoms with Crippen LogP contribution in [0.1, 0.15) is 25.8 Å². The average Bonchev–Trinajstić information content (AvgIpc) is 2.87. The van der Waals surface area contributed by atoms with Gasteiger partial charge in [0, 0.05) is 23.0 Å². The molecule has 106 valence electrons. The zero-order valence-corrected chi connectivity index (χ0v) is 11.7. The molecule has 1 aromatic heterocycles. The molecule has 1 atom stereocenters. The summed E-state index contributed by atoms with van der Waals surface area (Å²) in [6.45, 7) is 3.75. The lowest BCUT2D eigenvalue weighted by atomic mass is 10.1. The van der Waals surface area contributed by atoms with Gasteiger partial charge in [-0.25, -0.2) is 0 Å². The van der Waals surface area contributed by atoms with Gasteiger partial charge in [-0.15, -0.1) is 0 Å². The van der Waals surface area contributed by atoms with E-state index in [9.17, 15) is 9.59 Å². The number of rotatable bonds is 4. The molecule has 0 radical (unpaired) electrons. The van der Waals surface area contributed by atoms with Gasteiger partial charge in [0.25, 0.3) is 0 Å². The number of carbonyl (C=O) groups is 2. The summed E-state index contributed by atoms with van der Waals surface area (Å²) < 4.78 is 0. The predicted molar refractivity (Wildman–Crippen MR) is 77.7 cm³/mol. The van der Waals surface area contributed by atoms with Crippen molar-refractivity contribution in [1.82, 2.24) is 15.8 Å². The Hall–Kier alpha value is -2.30. The zero-order valence-electron chi connectivity index (χ0n) is 11.7. The number of para-hydroxylation sites is 1. The topological polar surface area (TPSA) is 74.0 Å². The van der Waals surface area contributed by atoms with Crippen LogP contribution in [-0.2, 0) is 16.0 Å². The van der Waals surface area contributed by atoms with E-state index in [1.807, 2.05) is 44.3 Å². The first-order valence-electron chi connectivity index (χ1n) is 6.75. The number of H-pyrrole nitrogens is 1. The Morgan fingerprint density at radius 3 is 2.75 bits per heavy atom. The summed E-state index contributed by atoms with van der Waals surface area (Å²) in [7, 11) is 0. The lowest BCUT2D eigenvalue weighted by molar-refractivity contribution is -0.130. The van der Waals surface area contributed by atoms with Gasteiger partial charge >= 0.3 is 0 Å². The second kappa shape index (κ2) is 6.23. The van der Waals surface area contributed by atoms with E-state index in [4.69, 9.17) is 0 Å². The van der Waals surface area contributed by atoms with Crippen molar-refractivity contribution in [2.75, 3.05) is 0 Å². The number of hydrogen-bond donors (Lipinski definition) is 3. The van der Waals surface area contributed by atoms with Crippen molar-refractivity contribution in [2.24, 2.45) is 5.92 Å². The quantitative estimate of drug-likeness (QED) is 0.744. The Labute approximate surface area is 117 Å². The molecule has 0 saturated heterocycles. The Bertz CT molecular complexity index is 618. The van der Waals surface area contributed by atoms with E-state index < -0.39 is 0 Å². The number of fused-ring (bicyclic) bond motifs is 1. The molecule has 5 nitrogen and oxygen atoms in total. The van der Waals surface area contributed by atoms with E-state index in [0.717, 1.165) is 22.9 Å². The molecule has 0 fully saturated rings. The van der Waals surface area contributed by atoms with Gasteiger partial charge in [-0.05, 0) is 18.1 Å². The van der Waals surface area contributed by atoms with Crippen molar-refractivity contribution in [3.8, 4) is 0 Å². The molecule has 0 spiro atoms. The van der Waals surface area contributed by atoms with Crippen LogP contribution in [0.5, 0.6) is 0 Å². The smallest absolute Gasteiger partial charge is 0.242 e. The highest BCUT2D eigenvalue weighted by Gasteiger charge is 2.12. The van der Waals surface area contributed by atoms with Crippen molar-refractivity contribution in [2.45, 2.75) is 26.7 Å². The van der Waals surface area contributed by atoms with Crippen LogP contribution in [-0.4, -0.2) is 16.8 Å². The van der Waals surface area contributed by atoms with Crippen LogP contribution in [0.3, 0.4) is 0 Å². The van der Waals surface area contributed by atoms with E-state index in [1.165, 1.54) is 0 Å². The van der Waals surface area contributed by atoms with Gasteiger partial charge in [-0.3, -0.25) is 20.4 Å². The number of nitrogens with one attached hydrogen (secondary N) is 3. The molecule has 0 bridgehead atoms. The minimum atomic E-state index is -0.230. The minimum absolute atomic E-state index is 0.108. The first kappa shape index (κ1) is 14.1. The maximum Gasteiger partial charge on any atom is 0.242 e. The summed E-state index contributed by atoms with van der Waals surface area (Å²) in [5.41, 5.74) is 6.81. The number of hydrogen-bond acceptors (Lipinski definition) is 2. The Morgan fingerprint density at radius 1 is 1.25 bits per heavy atom. The molecule has 0 saturated carbocycles. The second-order valence-corrected chi connectivity index (χ2v) is 4.88. The maximum atomic E-state index is 11.8. The van der Waals surface area contributed by atoms with Crippen LogP contribution in [0, 0.1) is 5.92 Å². The molecule has 1 heterocycles. The standard InChI is InChI=1S/C15H19N3O2/c1-3-10(2)15(20)18-17-14(19)8-11-9-16-13-7-5-4-6-12(11)13/h4-7,9-10,16H,3,8H2,1-2H3,(H,17,19)(H,18,20). The molecule has 3 N–H and O–H groups in total. The first-order valence-corrected chi connectivity index (χ1v) is 6.75. The summed E-state index contributed by atoms with van der Waals surface area (Å²) in [6, 6.07) is 7.80. The van der Waals surface area contributed by atoms with Crippen LogP contribution in [0.15, 0.2) is 30.5 Å². The van der Waals surface area contributed by atoms with E-state index in [-0.39, 0.29) is 24.2 Å². The molecule has 1 aromatic carbocycles. The Balaban J connectivity index is 1.93. The third-order valence-electron chi connectivity index (χ3n) is 3.41. The maximum absolute atomic E-state index is 11.8. The van der Waals surface area contributed by atoms with Gasteiger partial charge in [0.15, 0.2) is 0 Å². The summed E-state index contributed by atoms with van der Waals surface area (Å²) in [4.78, 5) is 26.5. The lowest BCUT2D eigenvalue weighted by Crippen LogP contribution is -2.44. The highest BCUT2D eigenvalue weighted by molar-refractivity contribution is 5.89. The fourth-order valence-electron chi connectivity index (χ4n) is 1.93. The zero-order chi connectivity index (χ0) is 14.5. The van der Waals surface area contributed by atoms with Crippen LogP contribution in [0.25, 0.3) is 10.9 Å². The van der Waals surface area contributed by atoms with Gasteiger partial charge in [-0.2, -0.15) is 0 Å². The molecule has 5 heteroatoms. The number of amides is 2. The predicted octanol–water partition coefficient (Wildman–Crippen LogP) is 1.90. The minimum Gasteiger partial charge on any atom is -0.361 e. The van der Waals surface area contributed by atoms with Crippen molar-refractivity contribution < 1.29 is 9.59 Å². The molecular formula is C15H19N3O2. The van der Waals surface area contributed by atoms with E-state index in [1.54, 1.807) is 0 Å². The molecule has 20 heavy (non-hydrogen) atoms. The van der Waals surface area contributed by atoms with E-state index >= 15 is 0 Å². The number of carbonyl (C=O) groups excluding carboxylic acids is 2. The normalized spacial score (nSPS) is 12.1. The second-order valence-electron chi connectivity index (χ2n) is 4.88. The van der Waals surface area contributed by atoms with Crippen molar-refractivity contribution in [1.29, 1.82) is 0 Å². The van der Waals surface area contributed by atoms with Gasteiger partial charge in [0.05, 0.1) is 6.42 Å². The third-order valence-corrected chi connectivity index (χ3v) is 3.41. The van der Waals surface area contributed by atoms with Crippen LogP contribution in [0.4, 0.5) is 0 Å². The molecule has 0 aliphatic carbocycles. The number of aromatic nitrogens is 1. The van der Waals surface area contributed by atoms with E-state index in [0.29, 0.717) is 0 Å².